The molecular formula is C11H15F3N2. The zero-order valence-electron chi connectivity index (χ0n) is 9.01. The number of hydrogen-bond donors (Lipinski definition) is 2. The van der Waals surface area contributed by atoms with Crippen molar-refractivity contribution in [2.24, 2.45) is 5.73 Å². The van der Waals surface area contributed by atoms with Crippen LogP contribution in [0.2, 0.25) is 0 Å². The van der Waals surface area contributed by atoms with Gasteiger partial charge in [-0.3, -0.25) is 5.41 Å². The summed E-state index contributed by atoms with van der Waals surface area (Å²) in [6.07, 6.45) is -1.91. The zero-order chi connectivity index (χ0) is 12.6. The van der Waals surface area contributed by atoms with Gasteiger partial charge in [0.25, 0.3) is 0 Å². The van der Waals surface area contributed by atoms with Crippen molar-refractivity contribution in [2.75, 3.05) is 0 Å². The van der Waals surface area contributed by atoms with Crippen molar-refractivity contribution < 1.29 is 13.2 Å². The molecule has 1 aromatic rings. The second kappa shape index (κ2) is 6.87. The molecule has 3 N–H and O–H groups in total. The third kappa shape index (κ3) is 5.38. The minimum Gasteiger partial charge on any atom is -0.390 e. The van der Waals surface area contributed by atoms with Gasteiger partial charge in [-0.15, -0.1) is 0 Å². The zero-order valence-corrected chi connectivity index (χ0v) is 9.01. The molecule has 0 aliphatic carbocycles. The monoisotopic (exact) mass is 232 g/mol. The molecule has 2 nitrogen and oxygen atoms in total. The van der Waals surface area contributed by atoms with E-state index in [1.807, 2.05) is 6.92 Å². The molecule has 0 fully saturated rings. The Kier molecular flexibility index (Phi) is 6.22. The summed E-state index contributed by atoms with van der Waals surface area (Å²) in [5, 5.41) is 5.86. The van der Waals surface area contributed by atoms with Crippen LogP contribution in [-0.4, -0.2) is 6.34 Å². The fraction of sp³-hybridized carbons (Fsp3) is 0.364. The van der Waals surface area contributed by atoms with E-state index in [-0.39, 0.29) is 0 Å². The van der Waals surface area contributed by atoms with Crippen LogP contribution in [0.15, 0.2) is 24.3 Å². The molecule has 0 bridgehead atoms. The van der Waals surface area contributed by atoms with E-state index >= 15 is 0 Å². The standard InChI is InChI=1S/C10H11F3.CH4N2/c1-2-4-8-5-3-6-9(7-8)10(11,12)13;2-1-3/h3,5-7H,2,4H2,1H3;1H,(H3,2,3). The van der Waals surface area contributed by atoms with E-state index in [0.717, 1.165) is 24.4 Å². The third-order valence-electron chi connectivity index (χ3n) is 1.79. The summed E-state index contributed by atoms with van der Waals surface area (Å²) >= 11 is 0. The van der Waals surface area contributed by atoms with Crippen molar-refractivity contribution in [3.05, 3.63) is 35.4 Å². The third-order valence-corrected chi connectivity index (χ3v) is 1.79. The second-order valence-corrected chi connectivity index (χ2v) is 3.11. The number of aryl methyl sites for hydroxylation is 1. The van der Waals surface area contributed by atoms with Gasteiger partial charge >= 0.3 is 6.18 Å². The van der Waals surface area contributed by atoms with Gasteiger partial charge in [0.05, 0.1) is 11.9 Å². The highest BCUT2D eigenvalue weighted by atomic mass is 19.4. The van der Waals surface area contributed by atoms with Crippen LogP contribution in [0.4, 0.5) is 13.2 Å². The number of alkyl halides is 3. The van der Waals surface area contributed by atoms with Crippen LogP contribution in [0.5, 0.6) is 0 Å². The molecule has 0 atom stereocenters. The molecule has 16 heavy (non-hydrogen) atoms. The first-order valence-corrected chi connectivity index (χ1v) is 4.82. The van der Waals surface area contributed by atoms with Gasteiger partial charge in [0.1, 0.15) is 0 Å². The van der Waals surface area contributed by atoms with Crippen LogP contribution in [0.1, 0.15) is 24.5 Å². The molecule has 1 rings (SSSR count). The van der Waals surface area contributed by atoms with Gasteiger partial charge in [0.15, 0.2) is 0 Å². The average Bonchev–Trinajstić information content (AvgIpc) is 2.18. The first-order valence-electron chi connectivity index (χ1n) is 4.82. The van der Waals surface area contributed by atoms with E-state index in [2.05, 4.69) is 5.73 Å². The lowest BCUT2D eigenvalue weighted by atomic mass is 10.1. The maximum atomic E-state index is 12.2. The summed E-state index contributed by atoms with van der Waals surface area (Å²) < 4.78 is 36.6. The normalized spacial score (nSPS) is 10.2. The molecule has 0 amide bonds. The molecule has 1 aromatic carbocycles. The molecule has 0 aromatic heterocycles. The van der Waals surface area contributed by atoms with Crippen LogP contribution in [-0.2, 0) is 12.6 Å². The predicted octanol–water partition coefficient (Wildman–Crippen LogP) is 3.21. The molecule has 0 saturated carbocycles. The number of benzene rings is 1. The van der Waals surface area contributed by atoms with Gasteiger partial charge in [-0.05, 0) is 18.1 Å². The molecule has 0 unspecified atom stereocenters. The SMILES string of the molecule is CCCc1cccc(C(F)(F)F)c1.N=CN. The largest absolute Gasteiger partial charge is 0.416 e. The highest BCUT2D eigenvalue weighted by Crippen LogP contribution is 2.29. The van der Waals surface area contributed by atoms with Crippen molar-refractivity contribution in [3.8, 4) is 0 Å². The van der Waals surface area contributed by atoms with Crippen LogP contribution < -0.4 is 5.73 Å². The first-order chi connectivity index (χ1) is 7.45. The van der Waals surface area contributed by atoms with Crippen molar-refractivity contribution >= 4 is 6.34 Å². The second-order valence-electron chi connectivity index (χ2n) is 3.11. The summed E-state index contributed by atoms with van der Waals surface area (Å²) in [7, 11) is 0. The van der Waals surface area contributed by atoms with Crippen molar-refractivity contribution in [3.63, 3.8) is 0 Å². The highest BCUT2D eigenvalue weighted by Gasteiger charge is 2.30. The van der Waals surface area contributed by atoms with E-state index in [9.17, 15) is 13.2 Å². The lowest BCUT2D eigenvalue weighted by Gasteiger charge is -2.07. The van der Waals surface area contributed by atoms with Gasteiger partial charge in [0, 0.05) is 0 Å². The molecule has 90 valence electrons. The predicted molar refractivity (Wildman–Crippen MR) is 58.4 cm³/mol. The minimum absolute atomic E-state index is 0.557. The van der Waals surface area contributed by atoms with E-state index in [0.29, 0.717) is 6.42 Å². The summed E-state index contributed by atoms with van der Waals surface area (Å²) in [6.45, 7) is 1.94. The summed E-state index contributed by atoms with van der Waals surface area (Å²) in [4.78, 5) is 0. The molecule has 5 heteroatoms. The van der Waals surface area contributed by atoms with E-state index < -0.39 is 11.7 Å². The van der Waals surface area contributed by atoms with Gasteiger partial charge in [-0.1, -0.05) is 31.5 Å². The Bertz CT molecular complexity index is 321. The van der Waals surface area contributed by atoms with Crippen LogP contribution in [0, 0.1) is 5.41 Å². The Morgan fingerprint density at radius 2 is 1.94 bits per heavy atom. The quantitative estimate of drug-likeness (QED) is 0.597. The van der Waals surface area contributed by atoms with E-state index in [1.165, 1.54) is 12.1 Å². The molecule has 0 heterocycles. The number of hydrogen-bond acceptors (Lipinski definition) is 1. The average molecular weight is 232 g/mol. The van der Waals surface area contributed by atoms with Crippen molar-refractivity contribution in [1.82, 2.24) is 0 Å². The Hall–Kier alpha value is -1.52. The Morgan fingerprint density at radius 3 is 2.38 bits per heavy atom. The van der Waals surface area contributed by atoms with Gasteiger partial charge < -0.3 is 5.73 Å². The fourth-order valence-electron chi connectivity index (χ4n) is 1.19. The number of halogens is 3. The molecule has 0 aliphatic heterocycles. The minimum atomic E-state index is -4.22. The van der Waals surface area contributed by atoms with Crippen LogP contribution >= 0.6 is 0 Å². The Morgan fingerprint density at radius 1 is 1.38 bits per heavy atom. The maximum Gasteiger partial charge on any atom is 0.416 e. The first kappa shape index (κ1) is 14.5. The lowest BCUT2D eigenvalue weighted by molar-refractivity contribution is -0.137. The number of rotatable bonds is 2. The maximum absolute atomic E-state index is 12.2. The van der Waals surface area contributed by atoms with Crippen molar-refractivity contribution in [1.29, 1.82) is 5.41 Å². The fourth-order valence-corrected chi connectivity index (χ4v) is 1.19. The van der Waals surface area contributed by atoms with Crippen LogP contribution in [0.3, 0.4) is 0 Å². The summed E-state index contributed by atoms with van der Waals surface area (Å²) in [5.41, 5.74) is 4.58. The smallest absolute Gasteiger partial charge is 0.390 e. The summed E-state index contributed by atoms with van der Waals surface area (Å²) in [5.74, 6) is 0. The molecular weight excluding hydrogens is 217 g/mol. The van der Waals surface area contributed by atoms with Gasteiger partial charge in [-0.2, -0.15) is 13.2 Å². The Balaban J connectivity index is 0.000000673. The molecule has 0 radical (unpaired) electrons. The molecule has 0 spiro atoms. The molecule has 0 aliphatic rings. The van der Waals surface area contributed by atoms with Gasteiger partial charge in [-0.25, -0.2) is 0 Å². The van der Waals surface area contributed by atoms with Crippen LogP contribution in [0.25, 0.3) is 0 Å². The number of nitrogens with one attached hydrogen (secondary N) is 1. The summed E-state index contributed by atoms with van der Waals surface area (Å²) in [6, 6.07) is 5.48. The van der Waals surface area contributed by atoms with E-state index in [4.69, 9.17) is 5.41 Å². The van der Waals surface area contributed by atoms with Crippen molar-refractivity contribution in [2.45, 2.75) is 25.9 Å². The van der Waals surface area contributed by atoms with Gasteiger partial charge in [0.2, 0.25) is 0 Å². The highest BCUT2D eigenvalue weighted by molar-refractivity contribution is 5.46. The Labute approximate surface area is 92.8 Å². The molecule has 0 saturated heterocycles. The topological polar surface area (TPSA) is 49.9 Å². The lowest BCUT2D eigenvalue weighted by Crippen LogP contribution is -2.05. The van der Waals surface area contributed by atoms with E-state index in [1.54, 1.807) is 6.07 Å². The number of nitrogens with two attached hydrogens (primary N) is 1.